The Hall–Kier alpha value is -1.18. The van der Waals surface area contributed by atoms with Gasteiger partial charge in [-0.05, 0) is 49.8 Å². The molecule has 0 spiro atoms. The predicted octanol–water partition coefficient (Wildman–Crippen LogP) is 3.96. The number of nitrogen functional groups attached to an aromatic ring is 1. The fourth-order valence-electron chi connectivity index (χ4n) is 2.65. The summed E-state index contributed by atoms with van der Waals surface area (Å²) in [5.74, 6) is 0.886. The van der Waals surface area contributed by atoms with Gasteiger partial charge >= 0.3 is 0 Å². The summed E-state index contributed by atoms with van der Waals surface area (Å²) in [6.07, 6.45) is 6.60. The number of hydrogen-bond donors (Lipinski definition) is 2. The van der Waals surface area contributed by atoms with Gasteiger partial charge in [-0.1, -0.05) is 25.8 Å². The van der Waals surface area contributed by atoms with E-state index in [0.717, 1.165) is 17.3 Å². The molecule has 1 aromatic rings. The second-order valence-corrected chi connectivity index (χ2v) is 5.55. The van der Waals surface area contributed by atoms with Gasteiger partial charge in [0, 0.05) is 6.04 Å². The van der Waals surface area contributed by atoms with Gasteiger partial charge in [-0.2, -0.15) is 0 Å². The van der Waals surface area contributed by atoms with E-state index in [1.807, 2.05) is 6.07 Å². The molecule has 2 rings (SSSR count). The zero-order valence-corrected chi connectivity index (χ0v) is 11.0. The van der Waals surface area contributed by atoms with Gasteiger partial charge in [0.1, 0.15) is 0 Å². The summed E-state index contributed by atoms with van der Waals surface area (Å²) >= 11 is 0. The first-order valence-corrected chi connectivity index (χ1v) is 6.78. The maximum Gasteiger partial charge on any atom is 0.0578 e. The first-order valence-electron chi connectivity index (χ1n) is 6.78. The molecule has 1 aromatic carbocycles. The van der Waals surface area contributed by atoms with Crippen molar-refractivity contribution in [1.82, 2.24) is 0 Å². The molecule has 1 aliphatic rings. The summed E-state index contributed by atoms with van der Waals surface area (Å²) in [5, 5.41) is 3.63. The molecule has 17 heavy (non-hydrogen) atoms. The minimum Gasteiger partial charge on any atom is -0.397 e. The van der Waals surface area contributed by atoms with Gasteiger partial charge < -0.3 is 11.1 Å². The molecular formula is C15H24N2. The van der Waals surface area contributed by atoms with Crippen molar-refractivity contribution in [3.63, 3.8) is 0 Å². The molecule has 3 N–H and O–H groups in total. The normalized spacial score (nSPS) is 25.3. The summed E-state index contributed by atoms with van der Waals surface area (Å²) in [7, 11) is 0. The molecule has 2 atom stereocenters. The molecule has 0 radical (unpaired) electrons. The molecule has 94 valence electrons. The van der Waals surface area contributed by atoms with Crippen molar-refractivity contribution in [2.24, 2.45) is 5.92 Å². The zero-order chi connectivity index (χ0) is 12.3. The first-order chi connectivity index (χ1) is 8.15. The number of benzene rings is 1. The van der Waals surface area contributed by atoms with Gasteiger partial charge in [-0.25, -0.2) is 0 Å². The minimum atomic E-state index is 0.601. The van der Waals surface area contributed by atoms with Gasteiger partial charge in [0.15, 0.2) is 0 Å². The van der Waals surface area contributed by atoms with Crippen LogP contribution in [0.15, 0.2) is 18.2 Å². The van der Waals surface area contributed by atoms with Crippen molar-refractivity contribution in [2.45, 2.75) is 52.0 Å². The van der Waals surface area contributed by atoms with Crippen LogP contribution >= 0.6 is 0 Å². The van der Waals surface area contributed by atoms with Gasteiger partial charge in [0.2, 0.25) is 0 Å². The Balaban J connectivity index is 2.02. The molecule has 0 saturated heterocycles. The molecule has 2 heteroatoms. The largest absolute Gasteiger partial charge is 0.397 e. The topological polar surface area (TPSA) is 38.0 Å². The maximum atomic E-state index is 6.01. The molecule has 0 aliphatic heterocycles. The van der Waals surface area contributed by atoms with Gasteiger partial charge in [-0.15, -0.1) is 0 Å². The molecule has 0 aromatic heterocycles. The highest BCUT2D eigenvalue weighted by atomic mass is 14.9. The number of anilines is 2. The molecule has 1 saturated carbocycles. The average Bonchev–Trinajstić information content (AvgIpc) is 2.49. The maximum absolute atomic E-state index is 6.01. The van der Waals surface area contributed by atoms with Crippen molar-refractivity contribution < 1.29 is 0 Å². The lowest BCUT2D eigenvalue weighted by molar-refractivity contribution is 0.502. The third-order valence-electron chi connectivity index (χ3n) is 3.83. The number of rotatable bonds is 2. The molecule has 2 unspecified atom stereocenters. The number of aryl methyl sites for hydroxylation is 1. The van der Waals surface area contributed by atoms with E-state index in [-0.39, 0.29) is 0 Å². The standard InChI is InChI=1S/C15H24N2/c1-11-4-3-5-13(8-6-11)17-15-10-12(2)7-9-14(15)16/h7,9-11,13,17H,3-6,8,16H2,1-2H3. The minimum absolute atomic E-state index is 0.601. The predicted molar refractivity (Wildman–Crippen MR) is 75.3 cm³/mol. The van der Waals surface area contributed by atoms with Crippen molar-refractivity contribution in [1.29, 1.82) is 0 Å². The summed E-state index contributed by atoms with van der Waals surface area (Å²) in [4.78, 5) is 0. The Bertz CT molecular complexity index is 373. The van der Waals surface area contributed by atoms with E-state index < -0.39 is 0 Å². The van der Waals surface area contributed by atoms with Crippen LogP contribution in [0.1, 0.15) is 44.6 Å². The molecule has 0 amide bonds. The lowest BCUT2D eigenvalue weighted by Gasteiger charge is -2.19. The van der Waals surface area contributed by atoms with E-state index in [2.05, 4.69) is 31.3 Å². The summed E-state index contributed by atoms with van der Waals surface area (Å²) in [5.41, 5.74) is 9.26. The molecule has 2 nitrogen and oxygen atoms in total. The van der Waals surface area contributed by atoms with Crippen LogP contribution in [0.3, 0.4) is 0 Å². The lowest BCUT2D eigenvalue weighted by atomic mass is 10.0. The summed E-state index contributed by atoms with van der Waals surface area (Å²) in [6.45, 7) is 4.48. The van der Waals surface area contributed by atoms with E-state index in [9.17, 15) is 0 Å². The highest BCUT2D eigenvalue weighted by Crippen LogP contribution is 2.27. The quantitative estimate of drug-likeness (QED) is 0.598. The SMILES string of the molecule is Cc1ccc(N)c(NC2CCCC(C)CC2)c1. The second kappa shape index (κ2) is 5.44. The van der Waals surface area contributed by atoms with Crippen LogP contribution < -0.4 is 11.1 Å². The van der Waals surface area contributed by atoms with Crippen LogP contribution in [0.5, 0.6) is 0 Å². The lowest BCUT2D eigenvalue weighted by Crippen LogP contribution is -2.19. The van der Waals surface area contributed by atoms with E-state index in [1.165, 1.54) is 37.7 Å². The average molecular weight is 232 g/mol. The third kappa shape index (κ3) is 3.39. The summed E-state index contributed by atoms with van der Waals surface area (Å²) in [6, 6.07) is 6.82. The Morgan fingerprint density at radius 2 is 2.00 bits per heavy atom. The van der Waals surface area contributed by atoms with E-state index >= 15 is 0 Å². The number of nitrogens with one attached hydrogen (secondary N) is 1. The van der Waals surface area contributed by atoms with Crippen LogP contribution in [0, 0.1) is 12.8 Å². The molecule has 0 heterocycles. The van der Waals surface area contributed by atoms with Gasteiger partial charge in [0.05, 0.1) is 11.4 Å². The van der Waals surface area contributed by atoms with Crippen LogP contribution in [0.2, 0.25) is 0 Å². The van der Waals surface area contributed by atoms with Crippen molar-refractivity contribution in [2.75, 3.05) is 11.1 Å². The second-order valence-electron chi connectivity index (χ2n) is 5.55. The fourth-order valence-corrected chi connectivity index (χ4v) is 2.65. The number of nitrogens with two attached hydrogens (primary N) is 1. The van der Waals surface area contributed by atoms with Crippen LogP contribution in [0.4, 0.5) is 11.4 Å². The summed E-state index contributed by atoms with van der Waals surface area (Å²) < 4.78 is 0. The first kappa shape index (κ1) is 12.3. The van der Waals surface area contributed by atoms with E-state index in [1.54, 1.807) is 0 Å². The number of hydrogen-bond acceptors (Lipinski definition) is 2. The van der Waals surface area contributed by atoms with E-state index in [0.29, 0.717) is 6.04 Å². The fraction of sp³-hybridized carbons (Fsp3) is 0.600. The Morgan fingerprint density at radius 3 is 2.82 bits per heavy atom. The van der Waals surface area contributed by atoms with Crippen LogP contribution in [-0.4, -0.2) is 6.04 Å². The van der Waals surface area contributed by atoms with Crippen LogP contribution in [-0.2, 0) is 0 Å². The smallest absolute Gasteiger partial charge is 0.0578 e. The van der Waals surface area contributed by atoms with Gasteiger partial charge in [0.25, 0.3) is 0 Å². The monoisotopic (exact) mass is 232 g/mol. The Labute approximate surface area is 105 Å². The zero-order valence-electron chi connectivity index (χ0n) is 11.0. The highest BCUT2D eigenvalue weighted by Gasteiger charge is 2.16. The molecule has 0 bridgehead atoms. The van der Waals surface area contributed by atoms with Crippen LogP contribution in [0.25, 0.3) is 0 Å². The Morgan fingerprint density at radius 1 is 1.18 bits per heavy atom. The van der Waals surface area contributed by atoms with Gasteiger partial charge in [-0.3, -0.25) is 0 Å². The Kier molecular flexibility index (Phi) is 3.93. The van der Waals surface area contributed by atoms with Crippen molar-refractivity contribution in [3.05, 3.63) is 23.8 Å². The molecule has 1 fully saturated rings. The molecular weight excluding hydrogens is 208 g/mol. The molecule has 1 aliphatic carbocycles. The van der Waals surface area contributed by atoms with Crippen molar-refractivity contribution in [3.8, 4) is 0 Å². The highest BCUT2D eigenvalue weighted by molar-refractivity contribution is 5.67. The third-order valence-corrected chi connectivity index (χ3v) is 3.83. The van der Waals surface area contributed by atoms with Crippen molar-refractivity contribution >= 4 is 11.4 Å². The van der Waals surface area contributed by atoms with E-state index in [4.69, 9.17) is 5.73 Å².